The van der Waals surface area contributed by atoms with Gasteiger partial charge in [0.15, 0.2) is 0 Å². The lowest BCUT2D eigenvalue weighted by Gasteiger charge is -2.23. The van der Waals surface area contributed by atoms with Crippen LogP contribution < -0.4 is 0 Å². The fourth-order valence-corrected chi connectivity index (χ4v) is 2.52. The summed E-state index contributed by atoms with van der Waals surface area (Å²) in [5.74, 6) is -0.220. The van der Waals surface area contributed by atoms with E-state index >= 15 is 0 Å². The fourth-order valence-electron chi connectivity index (χ4n) is 2.52. The van der Waals surface area contributed by atoms with Crippen molar-refractivity contribution < 1.29 is 9.53 Å². The molecule has 0 heterocycles. The van der Waals surface area contributed by atoms with Crippen LogP contribution in [0.15, 0.2) is 18.2 Å². The Morgan fingerprint density at radius 3 is 2.38 bits per heavy atom. The molecule has 1 rings (SSSR count). The molecule has 0 amide bonds. The number of rotatable bonds is 6. The Hall–Kier alpha value is -1.31. The van der Waals surface area contributed by atoms with Crippen molar-refractivity contribution in [3.05, 3.63) is 34.9 Å². The van der Waals surface area contributed by atoms with Crippen molar-refractivity contribution in [2.24, 2.45) is 0 Å². The maximum Gasteiger partial charge on any atom is 0.313 e. The Kier molecular flexibility index (Phi) is 6.44. The summed E-state index contributed by atoms with van der Waals surface area (Å²) in [6.07, 6.45) is 3.00. The van der Waals surface area contributed by atoms with Gasteiger partial charge in [-0.2, -0.15) is 0 Å². The minimum absolute atomic E-state index is 0.0867. The minimum atomic E-state index is -0.133. The second-order valence-electron chi connectivity index (χ2n) is 6.83. The molecule has 1 atom stereocenters. The summed E-state index contributed by atoms with van der Waals surface area (Å²) in [6.45, 7) is 13.2. The highest BCUT2D eigenvalue weighted by molar-refractivity contribution is 5.78. The normalized spacial score (nSPS) is 13.0. The summed E-state index contributed by atoms with van der Waals surface area (Å²) >= 11 is 0. The van der Waals surface area contributed by atoms with Crippen LogP contribution in [0.3, 0.4) is 0 Å². The molecule has 0 aromatic heterocycles. The third kappa shape index (κ3) is 5.18. The second-order valence-corrected chi connectivity index (χ2v) is 6.83. The van der Waals surface area contributed by atoms with Crippen molar-refractivity contribution in [1.82, 2.24) is 0 Å². The highest BCUT2D eigenvalue weighted by Gasteiger charge is 2.24. The first-order valence-electron chi connectivity index (χ1n) is 8.08. The Labute approximate surface area is 129 Å². The second kappa shape index (κ2) is 7.63. The molecule has 2 heteroatoms. The maximum absolute atomic E-state index is 12.3. The van der Waals surface area contributed by atoms with Crippen LogP contribution >= 0.6 is 0 Å². The van der Waals surface area contributed by atoms with Crippen LogP contribution in [0, 0.1) is 6.92 Å². The summed E-state index contributed by atoms with van der Waals surface area (Å²) in [4.78, 5) is 12.3. The predicted molar refractivity (Wildman–Crippen MR) is 88.8 cm³/mol. The van der Waals surface area contributed by atoms with E-state index in [1.54, 1.807) is 0 Å². The summed E-state index contributed by atoms with van der Waals surface area (Å²) < 4.78 is 5.28. The third-order valence-electron chi connectivity index (χ3n) is 3.79. The van der Waals surface area contributed by atoms with Crippen molar-refractivity contribution >= 4 is 5.97 Å². The van der Waals surface area contributed by atoms with Crippen LogP contribution in [0.2, 0.25) is 0 Å². The van der Waals surface area contributed by atoms with E-state index in [1.807, 2.05) is 6.92 Å². The smallest absolute Gasteiger partial charge is 0.313 e. The zero-order valence-corrected chi connectivity index (χ0v) is 14.5. The lowest BCUT2D eigenvalue weighted by atomic mass is 9.82. The molecule has 0 aliphatic carbocycles. The van der Waals surface area contributed by atoms with Crippen molar-refractivity contribution in [2.45, 2.75) is 72.1 Å². The molecule has 0 aliphatic heterocycles. The van der Waals surface area contributed by atoms with Gasteiger partial charge in [-0.05, 0) is 36.8 Å². The zero-order chi connectivity index (χ0) is 16.0. The lowest BCUT2D eigenvalue weighted by Crippen LogP contribution is -2.18. The molecule has 0 bridgehead atoms. The van der Waals surface area contributed by atoms with Gasteiger partial charge in [-0.25, -0.2) is 0 Å². The minimum Gasteiger partial charge on any atom is -0.466 e. The van der Waals surface area contributed by atoms with E-state index in [0.717, 1.165) is 24.8 Å². The molecule has 118 valence electrons. The molecule has 1 aromatic carbocycles. The Bertz CT molecular complexity index is 469. The molecule has 0 aliphatic rings. The molecule has 1 aromatic rings. The predicted octanol–water partition coefficient (Wildman–Crippen LogP) is 5.13. The van der Waals surface area contributed by atoms with Gasteiger partial charge in [0.1, 0.15) is 0 Å². The number of esters is 1. The van der Waals surface area contributed by atoms with E-state index in [-0.39, 0.29) is 17.3 Å². The molecule has 0 saturated carbocycles. The van der Waals surface area contributed by atoms with Gasteiger partial charge in [0.25, 0.3) is 0 Å². The van der Waals surface area contributed by atoms with Crippen LogP contribution in [0.25, 0.3) is 0 Å². The van der Waals surface area contributed by atoms with Crippen molar-refractivity contribution in [3.63, 3.8) is 0 Å². The van der Waals surface area contributed by atoms with E-state index in [2.05, 4.69) is 52.8 Å². The molecule has 0 saturated heterocycles. The summed E-state index contributed by atoms with van der Waals surface area (Å²) in [7, 11) is 0. The van der Waals surface area contributed by atoms with Crippen molar-refractivity contribution in [1.29, 1.82) is 0 Å². The molecule has 0 N–H and O–H groups in total. The molecule has 0 radical (unpaired) electrons. The first-order valence-corrected chi connectivity index (χ1v) is 8.08. The number of hydrogen-bond donors (Lipinski definition) is 0. The third-order valence-corrected chi connectivity index (χ3v) is 3.79. The number of hydrogen-bond acceptors (Lipinski definition) is 2. The molecule has 2 nitrogen and oxygen atoms in total. The van der Waals surface area contributed by atoms with E-state index in [9.17, 15) is 4.79 Å². The average molecular weight is 290 g/mol. The Morgan fingerprint density at radius 2 is 1.86 bits per heavy atom. The number of benzene rings is 1. The fraction of sp³-hybridized carbons (Fsp3) is 0.632. The zero-order valence-electron chi connectivity index (χ0n) is 14.5. The van der Waals surface area contributed by atoms with Crippen LogP contribution in [0.1, 0.15) is 76.5 Å². The number of unbranched alkanes of at least 4 members (excludes halogenated alkanes) is 1. The van der Waals surface area contributed by atoms with Gasteiger partial charge in [0.2, 0.25) is 0 Å². The van der Waals surface area contributed by atoms with Crippen molar-refractivity contribution in [3.8, 4) is 0 Å². The van der Waals surface area contributed by atoms with E-state index < -0.39 is 0 Å². The Morgan fingerprint density at radius 1 is 1.19 bits per heavy atom. The lowest BCUT2D eigenvalue weighted by molar-refractivity contribution is -0.145. The quantitative estimate of drug-likeness (QED) is 0.679. The van der Waals surface area contributed by atoms with Gasteiger partial charge in [0, 0.05) is 0 Å². The number of carbonyl (C=O) groups excluding carboxylic acids is 1. The number of ether oxygens (including phenoxy) is 1. The van der Waals surface area contributed by atoms with Gasteiger partial charge in [-0.3, -0.25) is 4.79 Å². The van der Waals surface area contributed by atoms with Gasteiger partial charge in [0.05, 0.1) is 12.5 Å². The molecular weight excluding hydrogens is 260 g/mol. The van der Waals surface area contributed by atoms with E-state index in [0.29, 0.717) is 6.61 Å². The average Bonchev–Trinajstić information content (AvgIpc) is 2.38. The van der Waals surface area contributed by atoms with Gasteiger partial charge in [-0.15, -0.1) is 0 Å². The maximum atomic E-state index is 12.3. The topological polar surface area (TPSA) is 26.3 Å². The number of aryl methyl sites for hydroxylation is 1. The first-order chi connectivity index (χ1) is 9.79. The molecule has 0 fully saturated rings. The molecular formula is C19H30O2. The molecule has 1 unspecified atom stereocenters. The summed E-state index contributed by atoms with van der Waals surface area (Å²) in [6, 6.07) is 6.53. The highest BCUT2D eigenvalue weighted by atomic mass is 16.5. The standard InChI is InChI=1S/C19H30O2/c1-7-9-10-17(18(20)21-8-2)15-11-14(3)12-16(13-15)19(4,5)6/h11-13,17H,7-10H2,1-6H3. The van der Waals surface area contributed by atoms with Gasteiger partial charge >= 0.3 is 5.97 Å². The summed E-state index contributed by atoms with van der Waals surface area (Å²) in [5.41, 5.74) is 3.68. The molecule has 21 heavy (non-hydrogen) atoms. The van der Waals surface area contributed by atoms with Crippen LogP contribution in [0.4, 0.5) is 0 Å². The first kappa shape index (κ1) is 17.7. The highest BCUT2D eigenvalue weighted by Crippen LogP contribution is 2.30. The monoisotopic (exact) mass is 290 g/mol. The molecule has 0 spiro atoms. The largest absolute Gasteiger partial charge is 0.466 e. The van der Waals surface area contributed by atoms with Crippen molar-refractivity contribution in [2.75, 3.05) is 6.61 Å². The number of carbonyl (C=O) groups is 1. The van der Waals surface area contributed by atoms with Crippen LogP contribution in [-0.4, -0.2) is 12.6 Å². The van der Waals surface area contributed by atoms with E-state index in [1.165, 1.54) is 11.1 Å². The van der Waals surface area contributed by atoms with E-state index in [4.69, 9.17) is 4.74 Å². The van der Waals surface area contributed by atoms with Gasteiger partial charge in [-0.1, -0.05) is 64.3 Å². The summed E-state index contributed by atoms with van der Waals surface area (Å²) in [5, 5.41) is 0. The SMILES string of the molecule is CCCCC(C(=O)OCC)c1cc(C)cc(C(C)(C)C)c1. The van der Waals surface area contributed by atoms with Gasteiger partial charge < -0.3 is 4.74 Å². The van der Waals surface area contributed by atoms with Crippen LogP contribution in [-0.2, 0) is 14.9 Å². The van der Waals surface area contributed by atoms with Crippen LogP contribution in [0.5, 0.6) is 0 Å². The Balaban J connectivity index is 3.17.